The predicted octanol–water partition coefficient (Wildman–Crippen LogP) is 7.85. The number of hydrogen-bond donors (Lipinski definition) is 3. The van der Waals surface area contributed by atoms with Crippen LogP contribution in [0.1, 0.15) is 140 Å². The molecule has 3 fully saturated rings. The number of carbonyl (C=O) groups is 4. The molecule has 4 heterocycles. The van der Waals surface area contributed by atoms with Gasteiger partial charge in [0.1, 0.15) is 24.8 Å². The van der Waals surface area contributed by atoms with Crippen molar-refractivity contribution < 1.29 is 41.8 Å². The number of ether oxygens (including phenoxy) is 2. The summed E-state index contributed by atoms with van der Waals surface area (Å²) in [6.07, 6.45) is 15.8. The maximum Gasteiger partial charge on any atom is 0.416 e. The SMILES string of the molecule is CC(C)N(C)[C@@H]1CC[C@H](N2CC[C@H](Nc3ncnc4ccc(C(F)(F)F)cc34)C2=O)[C@H](NC(=O)COCCCCCCCCCOCCCCCCCNC(=O)[C@H]2CC(=O)N(C)[C@@H]2c2cccnc2)C1. The molecule has 70 heavy (non-hydrogen) atoms. The number of likely N-dealkylation sites (tertiary alicyclic amines) is 2. The molecule has 1 aliphatic carbocycles. The molecule has 2 aliphatic heterocycles. The number of unbranched alkanes of at least 4 members (excludes halogenated alkanes) is 10. The first kappa shape index (κ1) is 54.4. The number of halogens is 3. The molecule has 6 atom stereocenters. The zero-order valence-electron chi connectivity index (χ0n) is 41.7. The fourth-order valence-electron chi connectivity index (χ4n) is 10.3. The van der Waals surface area contributed by atoms with Gasteiger partial charge in [-0.1, -0.05) is 57.4 Å². The van der Waals surface area contributed by atoms with E-state index in [-0.39, 0.29) is 72.0 Å². The summed E-state index contributed by atoms with van der Waals surface area (Å²) in [5.41, 5.74) is 0.418. The van der Waals surface area contributed by atoms with Gasteiger partial charge in [0.25, 0.3) is 0 Å². The third-order valence-corrected chi connectivity index (χ3v) is 14.5. The van der Waals surface area contributed by atoms with Crippen molar-refractivity contribution in [2.75, 3.05) is 58.9 Å². The van der Waals surface area contributed by atoms with Gasteiger partial charge in [0.2, 0.25) is 23.6 Å². The fraction of sp³-hybridized carbons (Fsp3) is 0.673. The Morgan fingerprint density at radius 3 is 2.24 bits per heavy atom. The number of rotatable bonds is 28. The number of pyridine rings is 1. The van der Waals surface area contributed by atoms with Gasteiger partial charge >= 0.3 is 6.18 Å². The van der Waals surface area contributed by atoms with Crippen molar-refractivity contribution in [1.29, 1.82) is 0 Å². The quantitative estimate of drug-likeness (QED) is 0.0606. The topological polar surface area (TPSA) is 171 Å². The Bertz CT molecular complexity index is 2130. The number of aromatic nitrogens is 3. The Balaban J connectivity index is 0.785. The highest BCUT2D eigenvalue weighted by molar-refractivity contribution is 5.93. The number of nitrogens with zero attached hydrogens (tertiary/aromatic N) is 6. The summed E-state index contributed by atoms with van der Waals surface area (Å²) in [4.78, 5) is 70.8. The first-order valence-corrected chi connectivity index (χ1v) is 25.7. The molecular formula is C52H76F3N9O6. The van der Waals surface area contributed by atoms with Crippen LogP contribution in [0.2, 0.25) is 0 Å². The Kier molecular flexibility index (Phi) is 21.0. The molecule has 18 heteroatoms. The lowest BCUT2D eigenvalue weighted by Gasteiger charge is -2.44. The molecule has 15 nitrogen and oxygen atoms in total. The van der Waals surface area contributed by atoms with Crippen LogP contribution in [0.25, 0.3) is 10.9 Å². The van der Waals surface area contributed by atoms with Crippen LogP contribution in [0.5, 0.6) is 0 Å². The zero-order valence-corrected chi connectivity index (χ0v) is 41.7. The van der Waals surface area contributed by atoms with Crippen molar-refractivity contribution >= 4 is 40.3 Å². The van der Waals surface area contributed by atoms with Crippen LogP contribution in [0, 0.1) is 5.92 Å². The lowest BCUT2D eigenvalue weighted by atomic mass is 9.84. The van der Waals surface area contributed by atoms with Gasteiger partial charge < -0.3 is 40.1 Å². The van der Waals surface area contributed by atoms with E-state index in [0.717, 1.165) is 114 Å². The van der Waals surface area contributed by atoms with Crippen molar-refractivity contribution in [3.05, 3.63) is 60.2 Å². The van der Waals surface area contributed by atoms with Gasteiger partial charge in [-0.2, -0.15) is 13.2 Å². The van der Waals surface area contributed by atoms with Gasteiger partial charge in [0.05, 0.1) is 35.1 Å². The normalized spacial score (nSPS) is 21.9. The Morgan fingerprint density at radius 2 is 1.57 bits per heavy atom. The van der Waals surface area contributed by atoms with Crippen LogP contribution in [-0.2, 0) is 34.8 Å². The average Bonchev–Trinajstić information content (AvgIpc) is 3.86. The molecule has 2 aromatic heterocycles. The molecule has 3 aliphatic rings. The number of carbonyl (C=O) groups excluding carboxylic acids is 4. The number of benzene rings is 1. The maximum atomic E-state index is 13.9. The van der Waals surface area contributed by atoms with Gasteiger partial charge in [-0.05, 0) is 102 Å². The molecule has 0 bridgehead atoms. The molecule has 0 unspecified atom stereocenters. The van der Waals surface area contributed by atoms with Crippen LogP contribution >= 0.6 is 0 Å². The van der Waals surface area contributed by atoms with Crippen molar-refractivity contribution in [1.82, 2.24) is 40.3 Å². The number of nitrogens with one attached hydrogen (secondary N) is 3. The second-order valence-electron chi connectivity index (χ2n) is 19.7. The van der Waals surface area contributed by atoms with Crippen LogP contribution in [0.4, 0.5) is 19.0 Å². The summed E-state index contributed by atoms with van der Waals surface area (Å²) in [5.74, 6) is -0.674. The standard InChI is InChI=1S/C52H76F3N9O6/c1-36(2)62(3)39-20-22-45(64-26-23-43(51(64)68)61-49-40-30-38(52(53,54)55)19-21-42(40)58-35-59-49)44(31-39)60-46(65)34-70-29-16-11-7-5-6-10-14-27-69-28-15-12-8-9-13-25-57-50(67)41-32-47(66)63(4)48(41)37-18-17-24-56-33-37/h17-19,21,24,30,33,35-36,39,41,43-45,48H,5-16,20,22-23,25-29,31-32,34H2,1-4H3,(H,57,67)(H,60,65)(H,58,59,61)/t39-,41+,43+,44-,45+,48-/m1/s1. The van der Waals surface area contributed by atoms with Gasteiger partial charge in [-0.3, -0.25) is 24.2 Å². The molecule has 3 N–H and O–H groups in total. The largest absolute Gasteiger partial charge is 0.416 e. The summed E-state index contributed by atoms with van der Waals surface area (Å²) in [6.45, 7) is 7.35. The predicted molar refractivity (Wildman–Crippen MR) is 262 cm³/mol. The Morgan fingerprint density at radius 1 is 0.886 bits per heavy atom. The van der Waals surface area contributed by atoms with E-state index in [2.05, 4.69) is 56.7 Å². The Labute approximate surface area is 411 Å². The second-order valence-corrected chi connectivity index (χ2v) is 19.7. The van der Waals surface area contributed by atoms with E-state index < -0.39 is 23.7 Å². The minimum atomic E-state index is -4.53. The molecule has 0 spiro atoms. The lowest BCUT2D eigenvalue weighted by molar-refractivity contribution is -0.137. The van der Waals surface area contributed by atoms with Crippen molar-refractivity contribution in [3.8, 4) is 0 Å². The summed E-state index contributed by atoms with van der Waals surface area (Å²) in [6, 6.07) is 6.13. The summed E-state index contributed by atoms with van der Waals surface area (Å²) in [5, 5.41) is 9.58. The first-order valence-electron chi connectivity index (χ1n) is 25.7. The van der Waals surface area contributed by atoms with Crippen molar-refractivity contribution in [2.45, 2.75) is 165 Å². The molecule has 6 rings (SSSR count). The molecule has 3 aromatic rings. The third kappa shape index (κ3) is 15.5. The lowest BCUT2D eigenvalue weighted by Crippen LogP contribution is -2.59. The molecule has 0 radical (unpaired) electrons. The summed E-state index contributed by atoms with van der Waals surface area (Å²) in [7, 11) is 3.84. The van der Waals surface area contributed by atoms with Crippen molar-refractivity contribution in [3.63, 3.8) is 0 Å². The van der Waals surface area contributed by atoms with Gasteiger partial charge in [-0.25, -0.2) is 9.97 Å². The molecule has 4 amide bonds. The third-order valence-electron chi connectivity index (χ3n) is 14.5. The summed E-state index contributed by atoms with van der Waals surface area (Å²) < 4.78 is 52.3. The number of alkyl halides is 3. The number of hydrogen-bond acceptors (Lipinski definition) is 11. The fourth-order valence-corrected chi connectivity index (χ4v) is 10.3. The average molecular weight is 980 g/mol. The van der Waals surface area contributed by atoms with Crippen LogP contribution < -0.4 is 16.0 Å². The summed E-state index contributed by atoms with van der Waals surface area (Å²) >= 11 is 0. The Hall–Kier alpha value is -4.94. The molecule has 2 saturated heterocycles. The van der Waals surface area contributed by atoms with E-state index in [1.807, 2.05) is 17.0 Å². The molecular weight excluding hydrogens is 904 g/mol. The monoisotopic (exact) mass is 980 g/mol. The van der Waals surface area contributed by atoms with E-state index in [0.29, 0.717) is 50.5 Å². The minimum Gasteiger partial charge on any atom is -0.381 e. The van der Waals surface area contributed by atoms with Crippen LogP contribution in [0.15, 0.2) is 49.1 Å². The zero-order chi connectivity index (χ0) is 50.0. The van der Waals surface area contributed by atoms with Gasteiger partial charge in [0.15, 0.2) is 0 Å². The highest BCUT2D eigenvalue weighted by atomic mass is 19.4. The number of fused-ring (bicyclic) bond motifs is 1. The van der Waals surface area contributed by atoms with Crippen LogP contribution in [0.3, 0.4) is 0 Å². The minimum absolute atomic E-state index is 0.0203. The molecule has 1 saturated carbocycles. The van der Waals surface area contributed by atoms with E-state index in [1.54, 1.807) is 24.3 Å². The van der Waals surface area contributed by atoms with E-state index in [1.165, 1.54) is 12.4 Å². The molecule has 386 valence electrons. The molecule has 1 aromatic carbocycles. The van der Waals surface area contributed by atoms with E-state index in [4.69, 9.17) is 9.47 Å². The number of anilines is 1. The van der Waals surface area contributed by atoms with E-state index >= 15 is 0 Å². The van der Waals surface area contributed by atoms with Crippen molar-refractivity contribution in [2.24, 2.45) is 5.92 Å². The van der Waals surface area contributed by atoms with E-state index in [9.17, 15) is 32.3 Å². The highest BCUT2D eigenvalue weighted by Crippen LogP contribution is 2.37. The van der Waals surface area contributed by atoms with Gasteiger partial charge in [-0.15, -0.1) is 0 Å². The van der Waals surface area contributed by atoms with Crippen LogP contribution in [-0.4, -0.2) is 137 Å². The smallest absolute Gasteiger partial charge is 0.381 e. The maximum absolute atomic E-state index is 13.9. The highest BCUT2D eigenvalue weighted by Gasteiger charge is 2.44. The number of amides is 4. The first-order chi connectivity index (χ1) is 33.7. The van der Waals surface area contributed by atoms with Gasteiger partial charge in [0, 0.05) is 76.2 Å². The second kappa shape index (κ2) is 27.0.